The van der Waals surface area contributed by atoms with Gasteiger partial charge in [0.25, 0.3) is 0 Å². The summed E-state index contributed by atoms with van der Waals surface area (Å²) in [5.74, 6) is -0.604. The number of nitrogens with zero attached hydrogens (tertiary/aromatic N) is 6. The molecular weight excluding hydrogens is 491 g/mol. The molecule has 1 N–H and O–H groups in total. The smallest absolute Gasteiger partial charge is 0.414 e. The number of aliphatic hydroxyl groups is 1. The Labute approximate surface area is 209 Å². The van der Waals surface area contributed by atoms with Gasteiger partial charge in [0, 0.05) is 42.5 Å². The summed E-state index contributed by atoms with van der Waals surface area (Å²) in [5.41, 5.74) is 1.73. The number of imidazole rings is 1. The SMILES string of the molecule is CN(C)c1cc(O[C@@H]2COc3nc([N+](=O)[O-])cn3C2)ncc1-c1ccc(N2C[C@H](CO)OC2=O)cc1F. The van der Waals surface area contributed by atoms with Gasteiger partial charge >= 0.3 is 17.9 Å². The molecule has 0 radical (unpaired) electrons. The Morgan fingerprint density at radius 2 is 2.11 bits per heavy atom. The van der Waals surface area contributed by atoms with Crippen molar-refractivity contribution in [1.29, 1.82) is 0 Å². The van der Waals surface area contributed by atoms with Crippen molar-refractivity contribution in [3.63, 3.8) is 0 Å². The average Bonchev–Trinajstić information content (AvgIpc) is 3.47. The van der Waals surface area contributed by atoms with E-state index in [1.165, 1.54) is 27.9 Å². The minimum absolute atomic E-state index is 0.126. The second-order valence-corrected chi connectivity index (χ2v) is 8.74. The molecule has 13 nitrogen and oxygen atoms in total. The molecule has 14 heteroatoms. The Kier molecular flexibility index (Phi) is 6.25. The Morgan fingerprint density at radius 1 is 1.30 bits per heavy atom. The first-order valence-corrected chi connectivity index (χ1v) is 11.3. The van der Waals surface area contributed by atoms with E-state index in [1.807, 2.05) is 0 Å². The normalized spacial score (nSPS) is 18.7. The third-order valence-electron chi connectivity index (χ3n) is 5.97. The van der Waals surface area contributed by atoms with Crippen LogP contribution in [0.4, 0.5) is 26.4 Å². The molecule has 0 aliphatic carbocycles. The van der Waals surface area contributed by atoms with Gasteiger partial charge in [-0.2, -0.15) is 0 Å². The van der Waals surface area contributed by atoms with Gasteiger partial charge in [-0.05, 0) is 23.1 Å². The first-order chi connectivity index (χ1) is 17.7. The highest BCUT2D eigenvalue weighted by Gasteiger charge is 2.33. The summed E-state index contributed by atoms with van der Waals surface area (Å²) >= 11 is 0. The number of fused-ring (bicyclic) bond motifs is 1. The van der Waals surface area contributed by atoms with Crippen LogP contribution < -0.4 is 19.3 Å². The number of nitro groups is 1. The highest BCUT2D eigenvalue weighted by Crippen LogP contribution is 2.36. The molecule has 0 unspecified atom stereocenters. The lowest BCUT2D eigenvalue weighted by Crippen LogP contribution is -2.34. The number of rotatable bonds is 7. The number of aromatic nitrogens is 3. The van der Waals surface area contributed by atoms with E-state index in [1.54, 1.807) is 37.2 Å². The number of carbonyl (C=O) groups excluding carboxylic acids is 1. The Bertz CT molecular complexity index is 1360. The molecule has 1 saturated heterocycles. The highest BCUT2D eigenvalue weighted by molar-refractivity contribution is 5.90. The van der Waals surface area contributed by atoms with E-state index in [-0.39, 0.29) is 49.6 Å². The number of anilines is 2. The molecule has 0 spiro atoms. The summed E-state index contributed by atoms with van der Waals surface area (Å²) in [6.45, 7) is 0.221. The fourth-order valence-corrected chi connectivity index (χ4v) is 4.19. The molecule has 1 fully saturated rings. The maximum Gasteiger partial charge on any atom is 0.414 e. The molecule has 37 heavy (non-hydrogen) atoms. The van der Waals surface area contributed by atoms with Crippen molar-refractivity contribution in [2.45, 2.75) is 18.8 Å². The lowest BCUT2D eigenvalue weighted by molar-refractivity contribution is -0.389. The summed E-state index contributed by atoms with van der Waals surface area (Å²) in [4.78, 5) is 33.6. The predicted molar refractivity (Wildman–Crippen MR) is 127 cm³/mol. The third-order valence-corrected chi connectivity index (χ3v) is 5.97. The summed E-state index contributed by atoms with van der Waals surface area (Å²) in [7, 11) is 3.59. The molecule has 0 saturated carbocycles. The average molecular weight is 514 g/mol. The molecule has 4 heterocycles. The van der Waals surface area contributed by atoms with Crippen LogP contribution in [-0.4, -0.2) is 76.7 Å². The minimum Gasteiger partial charge on any atom is -0.469 e. The largest absolute Gasteiger partial charge is 0.469 e. The fourth-order valence-electron chi connectivity index (χ4n) is 4.19. The van der Waals surface area contributed by atoms with E-state index in [9.17, 15) is 20.0 Å². The second-order valence-electron chi connectivity index (χ2n) is 8.74. The van der Waals surface area contributed by atoms with Gasteiger partial charge in [-0.25, -0.2) is 14.2 Å². The quantitative estimate of drug-likeness (QED) is 0.368. The number of amides is 1. The van der Waals surface area contributed by atoms with E-state index in [0.717, 1.165) is 0 Å². The molecule has 194 valence electrons. The standard InChI is InChI=1S/C23H23FN6O7/c1-27(2)19-6-21(36-15-8-28-10-20(30(33)34)26-22(28)35-12-15)25-7-17(19)16-4-3-13(5-18(16)24)29-9-14(11-31)37-23(29)32/h3-7,10,14-15,31H,8-9,11-12H2,1-2H3/t14-,15+/m1/s1. The summed E-state index contributed by atoms with van der Waals surface area (Å²) in [6, 6.07) is 6.21. The monoisotopic (exact) mass is 514 g/mol. The molecule has 5 rings (SSSR count). The van der Waals surface area contributed by atoms with E-state index >= 15 is 4.39 Å². The van der Waals surface area contributed by atoms with Crippen molar-refractivity contribution in [3.8, 4) is 23.0 Å². The van der Waals surface area contributed by atoms with Crippen LogP contribution in [0.1, 0.15) is 0 Å². The molecule has 2 atom stereocenters. The zero-order valence-corrected chi connectivity index (χ0v) is 19.9. The molecule has 0 bridgehead atoms. The number of ether oxygens (including phenoxy) is 3. The van der Waals surface area contributed by atoms with Crippen LogP contribution in [-0.2, 0) is 11.3 Å². The number of carbonyl (C=O) groups is 1. The third kappa shape index (κ3) is 4.70. The molecule has 1 aromatic carbocycles. The molecular formula is C23H23FN6O7. The number of hydrogen-bond acceptors (Lipinski definition) is 10. The van der Waals surface area contributed by atoms with Crippen molar-refractivity contribution in [3.05, 3.63) is 52.6 Å². The number of pyridine rings is 1. The van der Waals surface area contributed by atoms with Crippen LogP contribution in [0, 0.1) is 15.9 Å². The minimum atomic E-state index is -0.655. The van der Waals surface area contributed by atoms with Crippen LogP contribution in [0.3, 0.4) is 0 Å². The number of halogens is 1. The second kappa shape index (κ2) is 9.54. The Morgan fingerprint density at radius 3 is 2.78 bits per heavy atom. The van der Waals surface area contributed by atoms with Crippen molar-refractivity contribution < 1.29 is 33.4 Å². The molecule has 2 aliphatic heterocycles. The molecule has 3 aromatic rings. The predicted octanol–water partition coefficient (Wildman–Crippen LogP) is 2.22. The van der Waals surface area contributed by atoms with Crippen LogP contribution >= 0.6 is 0 Å². The summed E-state index contributed by atoms with van der Waals surface area (Å²) < 4.78 is 33.2. The fraction of sp³-hybridized carbons (Fsp3) is 0.348. The van der Waals surface area contributed by atoms with Crippen LogP contribution in [0.15, 0.2) is 36.7 Å². The number of hydrogen-bond donors (Lipinski definition) is 1. The van der Waals surface area contributed by atoms with Crippen molar-refractivity contribution in [2.75, 3.05) is 43.7 Å². The molecule has 1 amide bonds. The van der Waals surface area contributed by atoms with Gasteiger partial charge in [0.05, 0.1) is 31.1 Å². The zero-order valence-electron chi connectivity index (χ0n) is 19.9. The van der Waals surface area contributed by atoms with Gasteiger partial charge in [-0.3, -0.25) is 9.47 Å². The topological polar surface area (TPSA) is 145 Å². The first kappa shape index (κ1) is 24.2. The first-order valence-electron chi connectivity index (χ1n) is 11.3. The maximum atomic E-state index is 15.2. The summed E-state index contributed by atoms with van der Waals surface area (Å²) in [5, 5.41) is 20.2. The summed E-state index contributed by atoms with van der Waals surface area (Å²) in [6.07, 6.45) is 0.995. The van der Waals surface area contributed by atoms with Crippen LogP contribution in [0.2, 0.25) is 0 Å². The van der Waals surface area contributed by atoms with E-state index in [4.69, 9.17) is 14.2 Å². The van der Waals surface area contributed by atoms with Gasteiger partial charge in [0.15, 0.2) is 6.10 Å². The van der Waals surface area contributed by atoms with Gasteiger partial charge in [-0.1, -0.05) is 0 Å². The van der Waals surface area contributed by atoms with Crippen LogP contribution in [0.25, 0.3) is 11.1 Å². The van der Waals surface area contributed by atoms with Crippen molar-refractivity contribution in [2.24, 2.45) is 0 Å². The lowest BCUT2D eigenvalue weighted by Gasteiger charge is -2.24. The maximum absolute atomic E-state index is 15.2. The number of benzene rings is 1. The lowest BCUT2D eigenvalue weighted by atomic mass is 10.0. The van der Waals surface area contributed by atoms with Crippen molar-refractivity contribution in [1.82, 2.24) is 14.5 Å². The molecule has 2 aliphatic rings. The molecule has 2 aromatic heterocycles. The Balaban J connectivity index is 1.36. The van der Waals surface area contributed by atoms with Gasteiger partial charge < -0.3 is 34.3 Å². The highest BCUT2D eigenvalue weighted by atomic mass is 19.1. The number of cyclic esters (lactones) is 1. The van der Waals surface area contributed by atoms with E-state index < -0.39 is 29.0 Å². The number of aliphatic hydroxyl groups excluding tert-OH is 1. The van der Waals surface area contributed by atoms with E-state index in [2.05, 4.69) is 9.97 Å². The Hall–Kier alpha value is -4.46. The van der Waals surface area contributed by atoms with Gasteiger partial charge in [0.1, 0.15) is 24.7 Å². The van der Waals surface area contributed by atoms with Gasteiger partial charge in [0.2, 0.25) is 5.88 Å². The van der Waals surface area contributed by atoms with Gasteiger partial charge in [-0.15, -0.1) is 0 Å². The van der Waals surface area contributed by atoms with Crippen LogP contribution in [0.5, 0.6) is 11.9 Å². The zero-order chi connectivity index (χ0) is 26.3. The van der Waals surface area contributed by atoms with E-state index in [0.29, 0.717) is 16.9 Å². The van der Waals surface area contributed by atoms with Crippen molar-refractivity contribution >= 4 is 23.3 Å².